The van der Waals surface area contributed by atoms with Gasteiger partial charge >= 0.3 is 0 Å². The Kier molecular flexibility index (Phi) is 13.9. The molecule has 1 heteroatoms. The van der Waals surface area contributed by atoms with Crippen molar-refractivity contribution in [3.8, 4) is 0 Å². The lowest BCUT2D eigenvalue weighted by Crippen LogP contribution is -2.27. The summed E-state index contributed by atoms with van der Waals surface area (Å²) in [5.41, 5.74) is 1.31. The van der Waals surface area contributed by atoms with Crippen molar-refractivity contribution in [3.63, 3.8) is 0 Å². The third-order valence-corrected chi connectivity index (χ3v) is 3.65. The third kappa shape index (κ3) is 13.9. The van der Waals surface area contributed by atoms with Crippen LogP contribution in [-0.4, -0.2) is 24.5 Å². The SMILES string of the molecule is C=C(C)CN(CCCCCCC)CCCCCCC. The predicted octanol–water partition coefficient (Wildman–Crippen LogP) is 5.81. The molecule has 0 aromatic carbocycles. The summed E-state index contributed by atoms with van der Waals surface area (Å²) < 4.78 is 0. The highest BCUT2D eigenvalue weighted by atomic mass is 15.1. The molecule has 0 heterocycles. The third-order valence-electron chi connectivity index (χ3n) is 3.65. The molecule has 0 atom stereocenters. The van der Waals surface area contributed by atoms with Crippen molar-refractivity contribution in [1.82, 2.24) is 4.90 Å². The molecule has 1 nitrogen and oxygen atoms in total. The first-order chi connectivity index (χ1) is 9.20. The average molecular weight is 268 g/mol. The zero-order valence-electron chi connectivity index (χ0n) is 13.8. The van der Waals surface area contributed by atoms with Crippen LogP contribution in [0, 0.1) is 0 Å². The van der Waals surface area contributed by atoms with E-state index in [0.717, 1.165) is 6.54 Å². The molecule has 0 rings (SSSR count). The van der Waals surface area contributed by atoms with Gasteiger partial charge in [-0.3, -0.25) is 4.90 Å². The summed E-state index contributed by atoms with van der Waals surface area (Å²) in [6.07, 6.45) is 13.8. The van der Waals surface area contributed by atoms with Gasteiger partial charge in [-0.15, -0.1) is 0 Å². The van der Waals surface area contributed by atoms with E-state index in [1.807, 2.05) is 0 Å². The van der Waals surface area contributed by atoms with Crippen molar-refractivity contribution in [1.29, 1.82) is 0 Å². The zero-order chi connectivity index (χ0) is 14.3. The van der Waals surface area contributed by atoms with E-state index < -0.39 is 0 Å². The number of nitrogens with zero attached hydrogens (tertiary/aromatic N) is 1. The maximum absolute atomic E-state index is 4.07. The fourth-order valence-corrected chi connectivity index (χ4v) is 2.53. The first-order valence-electron chi connectivity index (χ1n) is 8.57. The lowest BCUT2D eigenvalue weighted by Gasteiger charge is -2.22. The molecular weight excluding hydrogens is 230 g/mol. The maximum Gasteiger partial charge on any atom is 0.0187 e. The molecule has 0 aliphatic heterocycles. The molecule has 0 unspecified atom stereocenters. The summed E-state index contributed by atoms with van der Waals surface area (Å²) in [5.74, 6) is 0. The minimum absolute atomic E-state index is 1.10. The monoisotopic (exact) mass is 267 g/mol. The molecule has 0 saturated heterocycles. The van der Waals surface area contributed by atoms with Gasteiger partial charge in [-0.1, -0.05) is 77.4 Å². The zero-order valence-corrected chi connectivity index (χ0v) is 13.8. The summed E-state index contributed by atoms with van der Waals surface area (Å²) in [6.45, 7) is 14.4. The van der Waals surface area contributed by atoms with E-state index in [9.17, 15) is 0 Å². The Morgan fingerprint density at radius 2 is 1.16 bits per heavy atom. The van der Waals surface area contributed by atoms with Crippen LogP contribution in [0.15, 0.2) is 12.2 Å². The molecule has 0 N–H and O–H groups in total. The Bertz CT molecular complexity index is 184. The van der Waals surface area contributed by atoms with Crippen LogP contribution >= 0.6 is 0 Å². The lowest BCUT2D eigenvalue weighted by molar-refractivity contribution is 0.281. The van der Waals surface area contributed by atoms with Gasteiger partial charge in [0.1, 0.15) is 0 Å². The molecule has 0 aromatic rings. The molecule has 0 aromatic heterocycles. The topological polar surface area (TPSA) is 3.24 Å². The largest absolute Gasteiger partial charge is 0.299 e. The quantitative estimate of drug-likeness (QED) is 0.284. The van der Waals surface area contributed by atoms with Crippen molar-refractivity contribution in [3.05, 3.63) is 12.2 Å². The highest BCUT2D eigenvalue weighted by molar-refractivity contribution is 4.91. The summed E-state index contributed by atoms with van der Waals surface area (Å²) >= 11 is 0. The van der Waals surface area contributed by atoms with Crippen molar-refractivity contribution in [2.75, 3.05) is 19.6 Å². The van der Waals surface area contributed by atoms with Crippen LogP contribution in [0.25, 0.3) is 0 Å². The van der Waals surface area contributed by atoms with Crippen LogP contribution in [0.1, 0.15) is 85.0 Å². The summed E-state index contributed by atoms with van der Waals surface area (Å²) in [5, 5.41) is 0. The second-order valence-corrected chi connectivity index (χ2v) is 6.06. The van der Waals surface area contributed by atoms with Gasteiger partial charge in [0.15, 0.2) is 0 Å². The standard InChI is InChI=1S/C18H37N/c1-5-7-9-11-13-15-19(17-18(3)4)16-14-12-10-8-6-2/h3,5-17H2,1-2,4H3. The molecule has 0 fully saturated rings. The minimum atomic E-state index is 1.10. The average Bonchev–Trinajstić information content (AvgIpc) is 2.37. The van der Waals surface area contributed by atoms with Crippen LogP contribution in [-0.2, 0) is 0 Å². The lowest BCUT2D eigenvalue weighted by atomic mass is 10.1. The van der Waals surface area contributed by atoms with Crippen LogP contribution in [0.3, 0.4) is 0 Å². The Labute approximate surface area is 122 Å². The van der Waals surface area contributed by atoms with Crippen LogP contribution in [0.5, 0.6) is 0 Å². The number of unbranched alkanes of at least 4 members (excludes halogenated alkanes) is 8. The number of hydrogen-bond acceptors (Lipinski definition) is 1. The van der Waals surface area contributed by atoms with E-state index in [-0.39, 0.29) is 0 Å². The first kappa shape index (κ1) is 18.7. The highest BCUT2D eigenvalue weighted by Gasteiger charge is 2.04. The molecule has 0 amide bonds. The van der Waals surface area contributed by atoms with Gasteiger partial charge in [0.25, 0.3) is 0 Å². The molecule has 0 aliphatic rings. The maximum atomic E-state index is 4.07. The van der Waals surface area contributed by atoms with Crippen molar-refractivity contribution >= 4 is 0 Å². The number of rotatable bonds is 14. The molecular formula is C18H37N. The van der Waals surface area contributed by atoms with E-state index in [0.29, 0.717) is 0 Å². The summed E-state index contributed by atoms with van der Waals surface area (Å²) in [7, 11) is 0. The Morgan fingerprint density at radius 3 is 1.53 bits per heavy atom. The fraction of sp³-hybridized carbons (Fsp3) is 0.889. The summed E-state index contributed by atoms with van der Waals surface area (Å²) in [4.78, 5) is 2.61. The van der Waals surface area contributed by atoms with E-state index in [4.69, 9.17) is 0 Å². The predicted molar refractivity (Wildman–Crippen MR) is 88.8 cm³/mol. The van der Waals surface area contributed by atoms with E-state index in [1.54, 1.807) is 0 Å². The first-order valence-corrected chi connectivity index (χ1v) is 8.57. The Balaban J connectivity index is 3.66. The van der Waals surface area contributed by atoms with Gasteiger partial charge in [0.2, 0.25) is 0 Å². The molecule has 0 aliphatic carbocycles. The highest BCUT2D eigenvalue weighted by Crippen LogP contribution is 2.08. The normalized spacial score (nSPS) is 11.2. The van der Waals surface area contributed by atoms with E-state index in [1.165, 1.54) is 82.9 Å². The van der Waals surface area contributed by atoms with Crippen molar-refractivity contribution < 1.29 is 0 Å². The number of hydrogen-bond donors (Lipinski definition) is 0. The van der Waals surface area contributed by atoms with Crippen LogP contribution < -0.4 is 0 Å². The van der Waals surface area contributed by atoms with Gasteiger partial charge in [-0.25, -0.2) is 0 Å². The smallest absolute Gasteiger partial charge is 0.0187 e. The Morgan fingerprint density at radius 1 is 0.737 bits per heavy atom. The van der Waals surface area contributed by atoms with E-state index in [2.05, 4.69) is 32.3 Å². The van der Waals surface area contributed by atoms with Crippen molar-refractivity contribution in [2.24, 2.45) is 0 Å². The van der Waals surface area contributed by atoms with Gasteiger partial charge in [-0.2, -0.15) is 0 Å². The van der Waals surface area contributed by atoms with Crippen molar-refractivity contribution in [2.45, 2.75) is 85.0 Å². The molecule has 19 heavy (non-hydrogen) atoms. The van der Waals surface area contributed by atoms with Crippen LogP contribution in [0.2, 0.25) is 0 Å². The summed E-state index contributed by atoms with van der Waals surface area (Å²) in [6, 6.07) is 0. The molecule has 0 spiro atoms. The van der Waals surface area contributed by atoms with E-state index >= 15 is 0 Å². The van der Waals surface area contributed by atoms with Gasteiger partial charge in [-0.05, 0) is 32.9 Å². The molecule has 0 radical (unpaired) electrons. The van der Waals surface area contributed by atoms with Gasteiger partial charge < -0.3 is 0 Å². The Hall–Kier alpha value is -0.300. The second kappa shape index (κ2) is 14.1. The minimum Gasteiger partial charge on any atom is -0.299 e. The van der Waals surface area contributed by atoms with Gasteiger partial charge in [0.05, 0.1) is 0 Å². The molecule has 114 valence electrons. The van der Waals surface area contributed by atoms with Crippen LogP contribution in [0.4, 0.5) is 0 Å². The van der Waals surface area contributed by atoms with Gasteiger partial charge in [0, 0.05) is 6.54 Å². The second-order valence-electron chi connectivity index (χ2n) is 6.06. The molecule has 0 bridgehead atoms. The fourth-order valence-electron chi connectivity index (χ4n) is 2.53. The molecule has 0 saturated carbocycles.